The summed E-state index contributed by atoms with van der Waals surface area (Å²) in [5.41, 5.74) is 4.46. The minimum absolute atomic E-state index is 0.163. The van der Waals surface area contributed by atoms with Crippen LogP contribution in [0.4, 0.5) is 0 Å². The number of benzene rings is 1. The highest BCUT2D eigenvalue weighted by molar-refractivity contribution is 8.20. The Kier molecular flexibility index (Phi) is 16.0. The lowest BCUT2D eigenvalue weighted by atomic mass is 9.87. The molecule has 10 nitrogen and oxygen atoms in total. The molecule has 6 rings (SSSR count). The number of rotatable bonds is 17. The first-order chi connectivity index (χ1) is 28.3. The average Bonchev–Trinajstić information content (AvgIpc) is 3.80. The van der Waals surface area contributed by atoms with Gasteiger partial charge in [0.1, 0.15) is 17.4 Å². The standard InChI is InChI=1S/C46H54N6O4S2/c1-3-31(2)40(44(55)48-30-37-19-12-13-25-47-37)51-42(53)35(28-32-14-6-4-7-15-32)21-23-36(29-33-16-8-5-9-17-33)49-45(56)41(46-57-26-27-58-46)52-43(54)39-24-22-34-18-10-11-20-38(34)50-39/h6,10-12,14-15,18-20,22,24,29,33,35,41,46H,3,5,8-9,13,16-17,21,23,25-28,30H2,1-2H3,(H,48,55)(H,49,56)(H,51,53)(H,52,54)/b36-29+,40-31+/t35-,41+/m0/s1. The molecule has 3 aromatic rings. The highest BCUT2D eigenvalue weighted by atomic mass is 32.2. The molecule has 1 aliphatic carbocycles. The summed E-state index contributed by atoms with van der Waals surface area (Å²) >= 11 is 3.34. The Balaban J connectivity index is 1.20. The van der Waals surface area contributed by atoms with Crippen LogP contribution in [-0.2, 0) is 20.8 Å². The predicted octanol–water partition coefficient (Wildman–Crippen LogP) is 7.28. The molecule has 2 fully saturated rings. The van der Waals surface area contributed by atoms with Gasteiger partial charge in [0, 0.05) is 35.1 Å². The van der Waals surface area contributed by atoms with E-state index >= 15 is 0 Å². The molecule has 2 aromatic carbocycles. The van der Waals surface area contributed by atoms with Crippen LogP contribution in [-0.4, -0.2) is 69.5 Å². The lowest BCUT2D eigenvalue weighted by molar-refractivity contribution is -0.126. The SMILES string of the molecule is CC/C(C)=C(/NC(=O)[C@@H](CC/C(=C\C1CCCCC1)NC(=O)[C@@H](NC(=O)c1ccc2ccccc2n1)C1SCCS1)Cc1cc#ccc1)C(=O)NCC1=NCCC=C1. The van der Waals surface area contributed by atoms with E-state index in [-0.39, 0.29) is 40.2 Å². The Morgan fingerprint density at radius 2 is 1.78 bits per heavy atom. The fourth-order valence-corrected chi connectivity index (χ4v) is 10.3. The summed E-state index contributed by atoms with van der Waals surface area (Å²) in [5, 5.41) is 13.2. The quantitative estimate of drug-likeness (QED) is 0.105. The van der Waals surface area contributed by atoms with Crippen LogP contribution < -0.4 is 21.3 Å². The van der Waals surface area contributed by atoms with E-state index < -0.39 is 17.9 Å². The van der Waals surface area contributed by atoms with Crippen molar-refractivity contribution in [3.63, 3.8) is 0 Å². The first-order valence-electron chi connectivity index (χ1n) is 20.5. The first-order valence-corrected chi connectivity index (χ1v) is 22.6. The van der Waals surface area contributed by atoms with Crippen LogP contribution in [0.2, 0.25) is 0 Å². The minimum atomic E-state index is -0.804. The van der Waals surface area contributed by atoms with Gasteiger partial charge >= 0.3 is 0 Å². The third kappa shape index (κ3) is 12.3. The van der Waals surface area contributed by atoms with E-state index in [1.54, 1.807) is 35.7 Å². The Hall–Kier alpha value is -4.86. The molecule has 1 saturated carbocycles. The third-order valence-corrected chi connectivity index (χ3v) is 14.0. The number of thioether (sulfide) groups is 2. The highest BCUT2D eigenvalue weighted by Gasteiger charge is 2.35. The molecule has 4 N–H and O–H groups in total. The lowest BCUT2D eigenvalue weighted by Gasteiger charge is -2.26. The Bertz CT molecular complexity index is 2040. The van der Waals surface area contributed by atoms with Crippen molar-refractivity contribution >= 4 is 63.8 Å². The van der Waals surface area contributed by atoms with Gasteiger partial charge in [-0.3, -0.25) is 24.2 Å². The number of fused-ring (bicyclic) bond motifs is 1. The Labute approximate surface area is 351 Å². The zero-order valence-corrected chi connectivity index (χ0v) is 35.1. The van der Waals surface area contributed by atoms with E-state index in [9.17, 15) is 19.2 Å². The molecule has 4 amide bonds. The molecule has 0 spiro atoms. The van der Waals surface area contributed by atoms with Crippen molar-refractivity contribution in [1.29, 1.82) is 0 Å². The number of hydrogen-bond donors (Lipinski definition) is 4. The van der Waals surface area contributed by atoms with Gasteiger partial charge in [-0.2, -0.15) is 0 Å². The molecule has 1 aromatic heterocycles. The maximum Gasteiger partial charge on any atom is 0.270 e. The maximum atomic E-state index is 14.4. The number of para-hydroxylation sites is 1. The molecule has 3 heterocycles. The molecule has 0 radical (unpaired) electrons. The van der Waals surface area contributed by atoms with Gasteiger partial charge in [0.15, 0.2) is 0 Å². The second-order valence-corrected chi connectivity index (χ2v) is 17.9. The zero-order chi connectivity index (χ0) is 40.7. The maximum absolute atomic E-state index is 14.4. The molecule has 0 bridgehead atoms. The van der Waals surface area contributed by atoms with Crippen molar-refractivity contribution in [3.8, 4) is 0 Å². The van der Waals surface area contributed by atoms with E-state index in [2.05, 4.69) is 49.5 Å². The van der Waals surface area contributed by atoms with Gasteiger partial charge < -0.3 is 21.3 Å². The first kappa shape index (κ1) is 42.7. The minimum Gasteiger partial charge on any atom is -0.345 e. The second-order valence-electron chi connectivity index (χ2n) is 15.1. The van der Waals surface area contributed by atoms with Gasteiger partial charge in [0.2, 0.25) is 11.8 Å². The zero-order valence-electron chi connectivity index (χ0n) is 33.5. The van der Waals surface area contributed by atoms with Crippen molar-refractivity contribution in [2.24, 2.45) is 16.8 Å². The molecule has 2 atom stereocenters. The summed E-state index contributed by atoms with van der Waals surface area (Å²) in [6, 6.07) is 21.9. The van der Waals surface area contributed by atoms with Crippen LogP contribution in [0.5, 0.6) is 0 Å². The number of nitrogens with zero attached hydrogens (tertiary/aromatic N) is 2. The van der Waals surface area contributed by atoms with Crippen LogP contribution in [0.3, 0.4) is 0 Å². The summed E-state index contributed by atoms with van der Waals surface area (Å²) in [6.45, 7) is 4.79. The van der Waals surface area contributed by atoms with Gasteiger partial charge in [-0.1, -0.05) is 74.7 Å². The van der Waals surface area contributed by atoms with E-state index in [0.29, 0.717) is 43.7 Å². The molecule has 12 heteroatoms. The van der Waals surface area contributed by atoms with Gasteiger partial charge in [0.25, 0.3) is 11.8 Å². The van der Waals surface area contributed by atoms with E-state index in [4.69, 9.17) is 0 Å². The largest absolute Gasteiger partial charge is 0.345 e. The average molecular weight is 819 g/mol. The highest BCUT2D eigenvalue weighted by Crippen LogP contribution is 2.35. The molecular weight excluding hydrogens is 765 g/mol. The summed E-state index contributed by atoms with van der Waals surface area (Å²) in [5.74, 6) is 0.241. The Morgan fingerprint density at radius 1 is 0.966 bits per heavy atom. The summed E-state index contributed by atoms with van der Waals surface area (Å²) in [7, 11) is 0. The van der Waals surface area contributed by atoms with Crippen LogP contribution in [0.15, 0.2) is 94.8 Å². The van der Waals surface area contributed by atoms with Crippen molar-refractivity contribution in [2.45, 2.75) is 88.7 Å². The second kappa shape index (κ2) is 21.8. The lowest BCUT2D eigenvalue weighted by Crippen LogP contribution is -2.51. The number of nitrogens with one attached hydrogen (secondary N) is 4. The monoisotopic (exact) mass is 818 g/mol. The molecule has 1 saturated heterocycles. The smallest absolute Gasteiger partial charge is 0.270 e. The van der Waals surface area contributed by atoms with Gasteiger partial charge in [-0.15, -0.1) is 23.5 Å². The molecule has 58 heavy (non-hydrogen) atoms. The van der Waals surface area contributed by atoms with Crippen LogP contribution in [0, 0.1) is 24.0 Å². The number of hydrogen-bond acceptors (Lipinski definition) is 8. The van der Waals surface area contributed by atoms with Gasteiger partial charge in [-0.25, -0.2) is 4.98 Å². The van der Waals surface area contributed by atoms with E-state index in [1.807, 2.05) is 68.5 Å². The summed E-state index contributed by atoms with van der Waals surface area (Å²) in [4.78, 5) is 64.9. The topological polar surface area (TPSA) is 142 Å². The fourth-order valence-electron chi connectivity index (χ4n) is 7.38. The van der Waals surface area contributed by atoms with Crippen LogP contribution >= 0.6 is 23.5 Å². The normalized spacial score (nSPS) is 17.7. The number of aromatic nitrogens is 1. The van der Waals surface area contributed by atoms with Crippen molar-refractivity contribution in [2.75, 3.05) is 24.6 Å². The molecular formula is C46H54N6O4S2. The summed E-state index contributed by atoms with van der Waals surface area (Å²) < 4.78 is -0.163. The van der Waals surface area contributed by atoms with Crippen LogP contribution in [0.25, 0.3) is 10.9 Å². The number of carbonyl (C=O) groups is 4. The van der Waals surface area contributed by atoms with Crippen molar-refractivity contribution < 1.29 is 19.2 Å². The fraction of sp³-hybridized carbons (Fsp3) is 0.435. The van der Waals surface area contributed by atoms with Crippen LogP contribution in [0.1, 0.15) is 87.7 Å². The van der Waals surface area contributed by atoms with Gasteiger partial charge in [0.05, 0.1) is 22.4 Å². The number of amides is 4. The predicted molar refractivity (Wildman–Crippen MR) is 235 cm³/mol. The number of allylic oxidation sites excluding steroid dienone is 3. The van der Waals surface area contributed by atoms with E-state index in [0.717, 1.165) is 71.5 Å². The number of aliphatic imine (C=N–C) groups is 1. The Morgan fingerprint density at radius 3 is 2.52 bits per heavy atom. The van der Waals surface area contributed by atoms with Gasteiger partial charge in [-0.05, 0) is 105 Å². The number of dihydropyridines is 1. The van der Waals surface area contributed by atoms with Crippen molar-refractivity contribution in [3.05, 3.63) is 113 Å². The summed E-state index contributed by atoms with van der Waals surface area (Å²) in [6.07, 6.45) is 14.4. The third-order valence-electron chi connectivity index (χ3n) is 10.8. The molecule has 3 aliphatic rings. The molecule has 0 unspecified atom stereocenters. The number of carbonyl (C=O) groups excluding carboxylic acids is 4. The molecule has 2 aliphatic heterocycles. The number of pyridine rings is 1. The van der Waals surface area contributed by atoms with E-state index in [1.165, 1.54) is 6.42 Å². The van der Waals surface area contributed by atoms with Crippen molar-refractivity contribution in [1.82, 2.24) is 26.3 Å². The molecule has 304 valence electrons.